The number of unbranched alkanes of at least 4 members (excludes halogenated alkanes) is 27. The van der Waals surface area contributed by atoms with Crippen molar-refractivity contribution in [3.8, 4) is 0 Å². The van der Waals surface area contributed by atoms with Crippen molar-refractivity contribution >= 4 is 11.9 Å². The summed E-state index contributed by atoms with van der Waals surface area (Å²) in [5.74, 6) is -0.486. The topological polar surface area (TPSA) is 95.9 Å². The predicted molar refractivity (Wildman–Crippen MR) is 223 cm³/mol. The van der Waals surface area contributed by atoms with Crippen LogP contribution in [-0.4, -0.2) is 46.9 Å². The van der Waals surface area contributed by atoms with E-state index in [0.717, 1.165) is 64.2 Å². The number of hydrogen-bond donors (Lipinski definition) is 3. The molecular formula is C46H89NO5. The first kappa shape index (κ1) is 50.6. The van der Waals surface area contributed by atoms with Gasteiger partial charge in [0.15, 0.2) is 0 Å². The lowest BCUT2D eigenvalue weighted by molar-refractivity contribution is -0.151. The number of aliphatic hydroxyl groups is 2. The van der Waals surface area contributed by atoms with Crippen LogP contribution in [0.5, 0.6) is 0 Å². The van der Waals surface area contributed by atoms with Crippen molar-refractivity contribution in [1.29, 1.82) is 0 Å². The summed E-state index contributed by atoms with van der Waals surface area (Å²) >= 11 is 0. The molecule has 0 bridgehead atoms. The number of carbonyl (C=O) groups excluding carboxylic acids is 2. The van der Waals surface area contributed by atoms with Crippen LogP contribution in [-0.2, 0) is 14.3 Å². The number of hydrogen-bond acceptors (Lipinski definition) is 5. The summed E-state index contributed by atoms with van der Waals surface area (Å²) < 4.78 is 5.86. The van der Waals surface area contributed by atoms with E-state index in [4.69, 9.17) is 4.74 Å². The van der Waals surface area contributed by atoms with Gasteiger partial charge in [-0.05, 0) is 44.9 Å². The molecule has 52 heavy (non-hydrogen) atoms. The normalized spacial score (nSPS) is 13.4. The van der Waals surface area contributed by atoms with E-state index in [-0.39, 0.29) is 24.9 Å². The summed E-state index contributed by atoms with van der Waals surface area (Å²) in [6.45, 7) is 6.40. The predicted octanol–water partition coefficient (Wildman–Crippen LogP) is 13.0. The third kappa shape index (κ3) is 35.6. The summed E-state index contributed by atoms with van der Waals surface area (Å²) in [6.07, 6.45) is 42.8. The van der Waals surface area contributed by atoms with Gasteiger partial charge in [0.25, 0.3) is 0 Å². The summed E-state index contributed by atoms with van der Waals surface area (Å²) in [6, 6.07) is -0.697. The number of nitrogens with one attached hydrogen (secondary N) is 1. The maximum absolute atomic E-state index is 13.1. The first-order valence-electron chi connectivity index (χ1n) is 22.9. The molecule has 6 nitrogen and oxygen atoms in total. The molecule has 0 saturated heterocycles. The van der Waals surface area contributed by atoms with Gasteiger partial charge in [0.2, 0.25) is 5.91 Å². The number of esters is 1. The summed E-state index contributed by atoms with van der Waals surface area (Å²) in [5.41, 5.74) is 0. The minimum atomic E-state index is -0.783. The van der Waals surface area contributed by atoms with Crippen LogP contribution < -0.4 is 5.32 Å². The molecule has 0 aliphatic rings. The molecule has 3 atom stereocenters. The monoisotopic (exact) mass is 736 g/mol. The van der Waals surface area contributed by atoms with Gasteiger partial charge in [-0.25, -0.2) is 0 Å². The number of allylic oxidation sites excluding steroid dienone is 2. The molecule has 0 heterocycles. The van der Waals surface area contributed by atoms with Crippen molar-refractivity contribution < 1.29 is 24.5 Å². The Kier molecular flexibility index (Phi) is 39.7. The Labute approximate surface area is 323 Å². The molecule has 0 saturated carbocycles. The minimum absolute atomic E-state index is 0.0718. The first-order chi connectivity index (χ1) is 25.5. The number of ether oxygens (including phenoxy) is 1. The highest BCUT2D eigenvalue weighted by atomic mass is 16.5. The van der Waals surface area contributed by atoms with Crippen molar-refractivity contribution in [3.05, 3.63) is 12.2 Å². The van der Waals surface area contributed by atoms with Crippen LogP contribution in [0.4, 0.5) is 0 Å². The molecule has 3 unspecified atom stereocenters. The van der Waals surface area contributed by atoms with Crippen LogP contribution in [0.3, 0.4) is 0 Å². The van der Waals surface area contributed by atoms with Crippen molar-refractivity contribution in [2.45, 2.75) is 264 Å². The third-order valence-corrected chi connectivity index (χ3v) is 10.6. The second kappa shape index (κ2) is 40.8. The quantitative estimate of drug-likeness (QED) is 0.0330. The largest absolute Gasteiger partial charge is 0.462 e. The van der Waals surface area contributed by atoms with E-state index in [1.54, 1.807) is 0 Å². The smallest absolute Gasteiger partial charge is 0.306 e. The average molecular weight is 736 g/mol. The second-order valence-electron chi connectivity index (χ2n) is 15.8. The molecule has 3 N–H and O–H groups in total. The molecule has 0 aliphatic carbocycles. The van der Waals surface area contributed by atoms with Crippen molar-refractivity contribution in [1.82, 2.24) is 5.32 Å². The highest BCUT2D eigenvalue weighted by molar-refractivity contribution is 5.77. The van der Waals surface area contributed by atoms with Gasteiger partial charge < -0.3 is 20.3 Å². The van der Waals surface area contributed by atoms with E-state index in [1.165, 1.54) is 135 Å². The molecule has 6 heteroatoms. The molecule has 0 fully saturated rings. The lowest BCUT2D eigenvalue weighted by atomic mass is 10.0. The summed E-state index contributed by atoms with van der Waals surface area (Å²) in [5, 5.41) is 23.6. The Balaban J connectivity index is 4.42. The van der Waals surface area contributed by atoms with E-state index >= 15 is 0 Å². The molecule has 0 spiro atoms. The zero-order valence-corrected chi connectivity index (χ0v) is 35.0. The van der Waals surface area contributed by atoms with Gasteiger partial charge in [-0.15, -0.1) is 0 Å². The Morgan fingerprint density at radius 2 is 0.962 bits per heavy atom. The Morgan fingerprint density at radius 3 is 1.44 bits per heavy atom. The van der Waals surface area contributed by atoms with Gasteiger partial charge in [0, 0.05) is 6.42 Å². The van der Waals surface area contributed by atoms with Crippen LogP contribution >= 0.6 is 0 Å². The van der Waals surface area contributed by atoms with Gasteiger partial charge in [0.05, 0.1) is 25.2 Å². The number of aliphatic hydroxyl groups excluding tert-OH is 2. The standard InChI is InChI=1S/C46H89NO5/c1-4-7-10-13-16-19-21-22-23-24-25-26-29-32-35-38-44(49)43(41-48)47-45(50)40-42(37-34-31-28-18-15-12-9-6-3)52-46(51)39-36-33-30-27-20-17-14-11-8-5-2/h12,15,42-44,48-49H,4-11,13-14,16-41H2,1-3H3,(H,47,50)/b15-12-. The number of amides is 1. The molecule has 0 rings (SSSR count). The molecule has 1 amide bonds. The van der Waals surface area contributed by atoms with E-state index < -0.39 is 18.2 Å². The highest BCUT2D eigenvalue weighted by Gasteiger charge is 2.24. The lowest BCUT2D eigenvalue weighted by Gasteiger charge is -2.24. The van der Waals surface area contributed by atoms with Crippen molar-refractivity contribution in [3.63, 3.8) is 0 Å². The van der Waals surface area contributed by atoms with Crippen molar-refractivity contribution in [2.24, 2.45) is 0 Å². The molecule has 0 aromatic heterocycles. The molecule has 0 aromatic rings. The van der Waals surface area contributed by atoms with Crippen LogP contribution in [0.15, 0.2) is 12.2 Å². The molecule has 0 radical (unpaired) electrons. The molecular weight excluding hydrogens is 647 g/mol. The summed E-state index contributed by atoms with van der Waals surface area (Å²) in [4.78, 5) is 25.8. The Hall–Kier alpha value is -1.40. The van der Waals surface area contributed by atoms with E-state index in [9.17, 15) is 19.8 Å². The van der Waals surface area contributed by atoms with Crippen LogP contribution in [0.1, 0.15) is 245 Å². The molecule has 0 aromatic carbocycles. The molecule has 0 aliphatic heterocycles. The fraction of sp³-hybridized carbons (Fsp3) is 0.913. The first-order valence-corrected chi connectivity index (χ1v) is 22.9. The second-order valence-corrected chi connectivity index (χ2v) is 15.8. The zero-order chi connectivity index (χ0) is 38.2. The van der Waals surface area contributed by atoms with Crippen LogP contribution in [0.2, 0.25) is 0 Å². The summed E-state index contributed by atoms with van der Waals surface area (Å²) in [7, 11) is 0. The fourth-order valence-electron chi connectivity index (χ4n) is 7.08. The highest BCUT2D eigenvalue weighted by Crippen LogP contribution is 2.17. The van der Waals surface area contributed by atoms with Gasteiger partial charge in [-0.3, -0.25) is 9.59 Å². The van der Waals surface area contributed by atoms with Gasteiger partial charge in [-0.2, -0.15) is 0 Å². The lowest BCUT2D eigenvalue weighted by Crippen LogP contribution is -2.46. The Bertz CT molecular complexity index is 787. The number of carbonyl (C=O) groups is 2. The van der Waals surface area contributed by atoms with E-state index in [0.29, 0.717) is 19.3 Å². The minimum Gasteiger partial charge on any atom is -0.462 e. The SMILES string of the molecule is CCC/C=C\CCCCCC(CC(=O)NC(CO)C(O)CCCCCCCCCCCCCCCCC)OC(=O)CCCCCCCCCCCC. The average Bonchev–Trinajstić information content (AvgIpc) is 3.13. The maximum Gasteiger partial charge on any atom is 0.306 e. The van der Waals surface area contributed by atoms with Gasteiger partial charge in [0.1, 0.15) is 6.10 Å². The number of rotatable bonds is 41. The van der Waals surface area contributed by atoms with Crippen LogP contribution in [0.25, 0.3) is 0 Å². The van der Waals surface area contributed by atoms with Crippen LogP contribution in [0, 0.1) is 0 Å². The molecule has 308 valence electrons. The maximum atomic E-state index is 13.1. The van der Waals surface area contributed by atoms with E-state index in [2.05, 4.69) is 38.2 Å². The van der Waals surface area contributed by atoms with E-state index in [1.807, 2.05) is 0 Å². The van der Waals surface area contributed by atoms with Crippen molar-refractivity contribution in [2.75, 3.05) is 6.61 Å². The van der Waals surface area contributed by atoms with Gasteiger partial charge >= 0.3 is 5.97 Å². The third-order valence-electron chi connectivity index (χ3n) is 10.6. The van der Waals surface area contributed by atoms with Gasteiger partial charge in [-0.1, -0.05) is 200 Å². The fourth-order valence-corrected chi connectivity index (χ4v) is 7.08. The Morgan fingerprint density at radius 1 is 0.538 bits per heavy atom. The zero-order valence-electron chi connectivity index (χ0n) is 35.0.